The Kier molecular flexibility index (Phi) is 3.57. The topological polar surface area (TPSA) is 63.4 Å². The molecule has 1 aliphatic rings. The molecule has 1 saturated carbocycles. The molecule has 0 radical (unpaired) electrons. The van der Waals surface area contributed by atoms with E-state index in [-0.39, 0.29) is 10.6 Å². The summed E-state index contributed by atoms with van der Waals surface area (Å²) in [6.07, 6.45) is 1.06. The van der Waals surface area contributed by atoms with Gasteiger partial charge in [-0.1, -0.05) is 6.92 Å². The highest BCUT2D eigenvalue weighted by atomic mass is 32.2. The van der Waals surface area contributed by atoms with Crippen molar-refractivity contribution in [3.8, 4) is 0 Å². The lowest BCUT2D eigenvalue weighted by Crippen LogP contribution is -2.30. The zero-order valence-corrected chi connectivity index (χ0v) is 12.2. The van der Waals surface area contributed by atoms with Gasteiger partial charge in [0.25, 0.3) is 0 Å². The smallest absolute Gasteiger partial charge is 0.243 e. The Labute approximate surface area is 113 Å². The average molecular weight is 286 g/mol. The van der Waals surface area contributed by atoms with Crippen LogP contribution < -0.4 is 5.73 Å². The Bertz CT molecular complexity index is 601. The summed E-state index contributed by atoms with van der Waals surface area (Å²) < 4.78 is 39.5. The molecule has 2 atom stereocenters. The number of hydrogen-bond donors (Lipinski definition) is 1. The number of nitrogens with two attached hydrogens (primary N) is 1. The number of anilines is 1. The van der Waals surface area contributed by atoms with E-state index in [4.69, 9.17) is 5.73 Å². The number of hydrogen-bond acceptors (Lipinski definition) is 3. The first-order valence-corrected chi connectivity index (χ1v) is 7.69. The highest BCUT2D eigenvalue weighted by molar-refractivity contribution is 7.89. The van der Waals surface area contributed by atoms with Crippen molar-refractivity contribution in [3.05, 3.63) is 23.5 Å². The van der Waals surface area contributed by atoms with Crippen molar-refractivity contribution in [2.24, 2.45) is 11.8 Å². The maximum absolute atomic E-state index is 13.3. The fourth-order valence-corrected chi connectivity index (χ4v) is 3.66. The second-order valence-corrected chi connectivity index (χ2v) is 7.41. The second-order valence-electron chi connectivity index (χ2n) is 5.40. The number of sulfonamides is 1. The Morgan fingerprint density at radius 1 is 1.47 bits per heavy atom. The fraction of sp³-hybridized carbons (Fsp3) is 0.538. The van der Waals surface area contributed by atoms with Crippen LogP contribution in [-0.4, -0.2) is 26.3 Å². The minimum absolute atomic E-state index is 0.0854. The summed E-state index contributed by atoms with van der Waals surface area (Å²) in [5, 5.41) is 0. The van der Waals surface area contributed by atoms with Gasteiger partial charge in [-0.2, -0.15) is 0 Å². The largest absolute Gasteiger partial charge is 0.396 e. The Morgan fingerprint density at radius 2 is 2.05 bits per heavy atom. The number of nitrogens with zero attached hydrogens (tertiary/aromatic N) is 1. The molecule has 0 amide bonds. The van der Waals surface area contributed by atoms with Gasteiger partial charge in [0, 0.05) is 13.6 Å². The molecule has 1 aromatic carbocycles. The van der Waals surface area contributed by atoms with E-state index in [9.17, 15) is 12.8 Å². The van der Waals surface area contributed by atoms with Gasteiger partial charge in [-0.25, -0.2) is 17.1 Å². The van der Waals surface area contributed by atoms with Crippen LogP contribution in [0.15, 0.2) is 17.0 Å². The predicted octanol–water partition coefficient (Wildman–Crippen LogP) is 1.99. The number of rotatable bonds is 4. The van der Waals surface area contributed by atoms with Gasteiger partial charge in [0.05, 0.1) is 10.6 Å². The first-order chi connectivity index (χ1) is 8.73. The van der Waals surface area contributed by atoms with Crippen molar-refractivity contribution in [1.29, 1.82) is 0 Å². The zero-order valence-electron chi connectivity index (χ0n) is 11.4. The zero-order chi connectivity index (χ0) is 14.4. The SMILES string of the molecule is Cc1cc(F)c(N)cc1S(=O)(=O)N(C)CC1CC1C. The Morgan fingerprint density at radius 3 is 2.58 bits per heavy atom. The highest BCUT2D eigenvalue weighted by Crippen LogP contribution is 2.39. The van der Waals surface area contributed by atoms with Gasteiger partial charge < -0.3 is 5.73 Å². The number of aryl methyl sites for hydroxylation is 1. The van der Waals surface area contributed by atoms with Crippen molar-refractivity contribution in [1.82, 2.24) is 4.31 Å². The fourth-order valence-electron chi connectivity index (χ4n) is 2.20. The van der Waals surface area contributed by atoms with Crippen LogP contribution in [0.2, 0.25) is 0 Å². The molecule has 1 aliphatic carbocycles. The maximum Gasteiger partial charge on any atom is 0.243 e. The Balaban J connectivity index is 2.31. The predicted molar refractivity (Wildman–Crippen MR) is 72.6 cm³/mol. The summed E-state index contributed by atoms with van der Waals surface area (Å²) in [7, 11) is -2.05. The molecule has 19 heavy (non-hydrogen) atoms. The van der Waals surface area contributed by atoms with Crippen molar-refractivity contribution in [3.63, 3.8) is 0 Å². The lowest BCUT2D eigenvalue weighted by Gasteiger charge is -2.19. The second kappa shape index (κ2) is 4.76. The molecule has 0 aromatic heterocycles. The summed E-state index contributed by atoms with van der Waals surface area (Å²) in [6, 6.07) is 2.36. The molecule has 0 saturated heterocycles. The van der Waals surface area contributed by atoms with E-state index < -0.39 is 15.8 Å². The molecule has 2 rings (SSSR count). The minimum Gasteiger partial charge on any atom is -0.396 e. The van der Waals surface area contributed by atoms with Gasteiger partial charge in [-0.3, -0.25) is 0 Å². The van der Waals surface area contributed by atoms with Crippen LogP contribution in [0.4, 0.5) is 10.1 Å². The molecule has 0 bridgehead atoms. The molecule has 2 N–H and O–H groups in total. The molecule has 2 unspecified atom stereocenters. The molecule has 1 fully saturated rings. The van der Waals surface area contributed by atoms with Crippen LogP contribution in [0.1, 0.15) is 18.9 Å². The van der Waals surface area contributed by atoms with Crippen molar-refractivity contribution in [2.75, 3.05) is 19.3 Å². The molecule has 1 aromatic rings. The lowest BCUT2D eigenvalue weighted by atomic mass is 10.2. The monoisotopic (exact) mass is 286 g/mol. The van der Waals surface area contributed by atoms with E-state index in [2.05, 4.69) is 6.92 Å². The third kappa shape index (κ3) is 2.74. The van der Waals surface area contributed by atoms with Crippen LogP contribution in [0, 0.1) is 24.6 Å². The first-order valence-electron chi connectivity index (χ1n) is 6.25. The first kappa shape index (κ1) is 14.3. The van der Waals surface area contributed by atoms with E-state index in [1.54, 1.807) is 14.0 Å². The van der Waals surface area contributed by atoms with Crippen LogP contribution in [0.25, 0.3) is 0 Å². The van der Waals surface area contributed by atoms with E-state index >= 15 is 0 Å². The molecule has 6 heteroatoms. The summed E-state index contributed by atoms with van der Waals surface area (Å²) in [4.78, 5) is 0.0854. The van der Waals surface area contributed by atoms with Gasteiger partial charge >= 0.3 is 0 Å². The van der Waals surface area contributed by atoms with E-state index in [0.717, 1.165) is 12.5 Å². The number of halogens is 1. The number of nitrogen functional groups attached to an aromatic ring is 1. The molecule has 0 spiro atoms. The lowest BCUT2D eigenvalue weighted by molar-refractivity contribution is 0.444. The van der Waals surface area contributed by atoms with E-state index in [1.807, 2.05) is 0 Å². The van der Waals surface area contributed by atoms with Crippen molar-refractivity contribution in [2.45, 2.75) is 25.2 Å². The van der Waals surface area contributed by atoms with Crippen LogP contribution in [0.3, 0.4) is 0 Å². The summed E-state index contributed by atoms with van der Waals surface area (Å²) in [5.74, 6) is 0.421. The standard InChI is InChI=1S/C13H19FN2O2S/c1-8-4-10(8)7-16(3)19(17,18)13-6-12(15)11(14)5-9(13)2/h5-6,8,10H,4,7,15H2,1-3H3. The summed E-state index contributed by atoms with van der Waals surface area (Å²) in [5.41, 5.74) is 5.70. The summed E-state index contributed by atoms with van der Waals surface area (Å²) in [6.45, 7) is 4.18. The van der Waals surface area contributed by atoms with Crippen molar-refractivity contribution >= 4 is 15.7 Å². The van der Waals surface area contributed by atoms with Gasteiger partial charge in [-0.05, 0) is 42.9 Å². The highest BCUT2D eigenvalue weighted by Gasteiger charge is 2.36. The molecule has 0 heterocycles. The molecular weight excluding hydrogens is 267 g/mol. The number of benzene rings is 1. The average Bonchev–Trinajstić information content (AvgIpc) is 2.99. The maximum atomic E-state index is 13.3. The Hall–Kier alpha value is -1.14. The van der Waals surface area contributed by atoms with Crippen LogP contribution >= 0.6 is 0 Å². The van der Waals surface area contributed by atoms with E-state index in [1.165, 1.54) is 10.4 Å². The normalized spacial score (nSPS) is 22.8. The minimum atomic E-state index is -3.60. The summed E-state index contributed by atoms with van der Waals surface area (Å²) >= 11 is 0. The van der Waals surface area contributed by atoms with Gasteiger partial charge in [0.1, 0.15) is 5.82 Å². The quantitative estimate of drug-likeness (QED) is 0.861. The van der Waals surface area contributed by atoms with Gasteiger partial charge in [-0.15, -0.1) is 0 Å². The third-order valence-electron chi connectivity index (χ3n) is 3.75. The van der Waals surface area contributed by atoms with E-state index in [0.29, 0.717) is 23.9 Å². The molecular formula is C13H19FN2O2S. The molecule has 106 valence electrons. The van der Waals surface area contributed by atoms with Crippen molar-refractivity contribution < 1.29 is 12.8 Å². The molecule has 0 aliphatic heterocycles. The van der Waals surface area contributed by atoms with Gasteiger partial charge in [0.15, 0.2) is 0 Å². The molecule has 4 nitrogen and oxygen atoms in total. The van der Waals surface area contributed by atoms with Crippen LogP contribution in [-0.2, 0) is 10.0 Å². The third-order valence-corrected chi connectivity index (χ3v) is 5.72. The van der Waals surface area contributed by atoms with Gasteiger partial charge in [0.2, 0.25) is 10.0 Å². The van der Waals surface area contributed by atoms with Crippen LogP contribution in [0.5, 0.6) is 0 Å².